The van der Waals surface area contributed by atoms with Crippen molar-refractivity contribution < 1.29 is 14.2 Å². The molecule has 0 saturated carbocycles. The number of benzene rings is 1. The van der Waals surface area contributed by atoms with E-state index in [0.29, 0.717) is 34.5 Å². The van der Waals surface area contributed by atoms with E-state index in [0.717, 1.165) is 0 Å². The quantitative estimate of drug-likeness (QED) is 0.915. The highest BCUT2D eigenvalue weighted by molar-refractivity contribution is 5.53. The van der Waals surface area contributed by atoms with Gasteiger partial charge in [-0.2, -0.15) is 0 Å². The smallest absolute Gasteiger partial charge is 0.219 e. The summed E-state index contributed by atoms with van der Waals surface area (Å²) in [7, 11) is 3.15. The Bertz CT molecular complexity index is 563. The highest BCUT2D eigenvalue weighted by atomic mass is 16.5. The summed E-state index contributed by atoms with van der Waals surface area (Å²) < 4.78 is 16.3. The van der Waals surface area contributed by atoms with Crippen LogP contribution in [0.25, 0.3) is 0 Å². The van der Waals surface area contributed by atoms with Gasteiger partial charge in [0.1, 0.15) is 0 Å². The molecule has 2 rings (SSSR count). The van der Waals surface area contributed by atoms with Crippen molar-refractivity contribution in [2.24, 2.45) is 0 Å². The lowest BCUT2D eigenvalue weighted by molar-refractivity contribution is 0.342. The van der Waals surface area contributed by atoms with Crippen molar-refractivity contribution in [1.82, 2.24) is 4.98 Å². The van der Waals surface area contributed by atoms with E-state index in [2.05, 4.69) is 4.98 Å². The third kappa shape index (κ3) is 2.70. The highest BCUT2D eigenvalue weighted by Gasteiger charge is 2.13. The molecule has 0 unspecified atom stereocenters. The van der Waals surface area contributed by atoms with E-state index in [9.17, 15) is 0 Å². The van der Waals surface area contributed by atoms with Gasteiger partial charge >= 0.3 is 0 Å². The minimum absolute atomic E-state index is 0.439. The van der Waals surface area contributed by atoms with Crippen LogP contribution in [-0.4, -0.2) is 19.2 Å². The second-order valence-corrected chi connectivity index (χ2v) is 3.92. The van der Waals surface area contributed by atoms with Crippen molar-refractivity contribution in [3.8, 4) is 23.1 Å². The summed E-state index contributed by atoms with van der Waals surface area (Å²) in [6.45, 7) is 1.82. The summed E-state index contributed by atoms with van der Waals surface area (Å²) in [4.78, 5) is 4.26. The van der Waals surface area contributed by atoms with Crippen molar-refractivity contribution in [2.75, 3.05) is 20.0 Å². The van der Waals surface area contributed by atoms with Gasteiger partial charge in [0.25, 0.3) is 0 Å². The number of rotatable bonds is 4. The largest absolute Gasteiger partial charge is 0.493 e. The van der Waals surface area contributed by atoms with Crippen LogP contribution in [-0.2, 0) is 0 Å². The number of methoxy groups -OCH3 is 2. The lowest BCUT2D eigenvalue weighted by Gasteiger charge is -2.13. The number of hydrogen-bond donors (Lipinski definition) is 1. The average molecular weight is 260 g/mol. The molecule has 2 aromatic rings. The molecule has 19 heavy (non-hydrogen) atoms. The molecule has 0 aliphatic heterocycles. The van der Waals surface area contributed by atoms with Gasteiger partial charge in [-0.05, 0) is 25.1 Å². The maximum absolute atomic E-state index is 5.74. The van der Waals surface area contributed by atoms with E-state index < -0.39 is 0 Å². The van der Waals surface area contributed by atoms with Crippen LogP contribution in [0.3, 0.4) is 0 Å². The Balaban J connectivity index is 2.39. The van der Waals surface area contributed by atoms with Crippen LogP contribution in [0, 0.1) is 6.92 Å². The van der Waals surface area contributed by atoms with Crippen LogP contribution in [0.1, 0.15) is 5.69 Å². The number of nitrogens with two attached hydrogens (primary N) is 1. The van der Waals surface area contributed by atoms with E-state index in [1.807, 2.05) is 13.0 Å². The molecule has 0 fully saturated rings. The van der Waals surface area contributed by atoms with Crippen molar-refractivity contribution in [2.45, 2.75) is 6.92 Å². The molecule has 0 aliphatic rings. The molecule has 5 heteroatoms. The lowest BCUT2D eigenvalue weighted by atomic mass is 10.3. The molecule has 0 atom stereocenters. The SMILES string of the molecule is COc1cccc(OC)c1Oc1ccc(N)c(C)n1. The molecule has 0 saturated heterocycles. The normalized spacial score (nSPS) is 10.1. The van der Waals surface area contributed by atoms with Crippen LogP contribution in [0.4, 0.5) is 5.69 Å². The molecule has 100 valence electrons. The summed E-state index contributed by atoms with van der Waals surface area (Å²) in [5.41, 5.74) is 7.07. The molecule has 1 aromatic heterocycles. The minimum atomic E-state index is 0.439. The summed E-state index contributed by atoms with van der Waals surface area (Å²) in [6, 6.07) is 8.87. The number of hydrogen-bond acceptors (Lipinski definition) is 5. The Morgan fingerprint density at radius 1 is 1.00 bits per heavy atom. The fourth-order valence-corrected chi connectivity index (χ4v) is 1.63. The van der Waals surface area contributed by atoms with Crippen molar-refractivity contribution in [1.29, 1.82) is 0 Å². The first-order chi connectivity index (χ1) is 9.15. The molecule has 0 radical (unpaired) electrons. The number of anilines is 1. The van der Waals surface area contributed by atoms with Gasteiger partial charge in [-0.25, -0.2) is 4.98 Å². The van der Waals surface area contributed by atoms with Gasteiger partial charge in [0.15, 0.2) is 11.5 Å². The molecule has 1 aromatic carbocycles. The number of para-hydroxylation sites is 1. The van der Waals surface area contributed by atoms with Gasteiger partial charge in [0.05, 0.1) is 25.6 Å². The fraction of sp³-hybridized carbons (Fsp3) is 0.214. The summed E-state index contributed by atoms with van der Waals surface area (Å²) >= 11 is 0. The number of ether oxygens (including phenoxy) is 3. The predicted octanol–water partition coefficient (Wildman–Crippen LogP) is 2.78. The van der Waals surface area contributed by atoms with E-state index >= 15 is 0 Å². The van der Waals surface area contributed by atoms with Gasteiger partial charge in [0, 0.05) is 6.07 Å². The molecule has 5 nitrogen and oxygen atoms in total. The molecule has 0 spiro atoms. The van der Waals surface area contributed by atoms with Crippen molar-refractivity contribution >= 4 is 5.69 Å². The summed E-state index contributed by atoms with van der Waals surface area (Å²) in [5, 5.41) is 0. The Morgan fingerprint density at radius 2 is 1.63 bits per heavy atom. The van der Waals surface area contributed by atoms with Gasteiger partial charge in [0.2, 0.25) is 11.6 Å². The number of aryl methyl sites for hydroxylation is 1. The van der Waals surface area contributed by atoms with Gasteiger partial charge in [-0.15, -0.1) is 0 Å². The number of nitrogen functional groups attached to an aromatic ring is 1. The number of nitrogens with zero attached hydrogens (tertiary/aromatic N) is 1. The van der Waals surface area contributed by atoms with Crippen LogP contribution >= 0.6 is 0 Å². The third-order valence-corrected chi connectivity index (χ3v) is 2.69. The first kappa shape index (κ1) is 13.0. The zero-order valence-corrected chi connectivity index (χ0v) is 11.1. The summed E-state index contributed by atoms with van der Waals surface area (Å²) in [5.74, 6) is 2.09. The zero-order valence-electron chi connectivity index (χ0n) is 11.1. The topological polar surface area (TPSA) is 66.6 Å². The van der Waals surface area contributed by atoms with E-state index in [-0.39, 0.29) is 0 Å². The molecule has 2 N–H and O–H groups in total. The van der Waals surface area contributed by atoms with E-state index in [1.165, 1.54) is 0 Å². The van der Waals surface area contributed by atoms with E-state index in [1.54, 1.807) is 38.5 Å². The van der Waals surface area contributed by atoms with Gasteiger partial charge < -0.3 is 19.9 Å². The standard InChI is InChI=1S/C14H16N2O3/c1-9-10(15)7-8-13(16-9)19-14-11(17-2)5-4-6-12(14)18-3/h4-8H,15H2,1-3H3. The maximum Gasteiger partial charge on any atom is 0.219 e. The lowest BCUT2D eigenvalue weighted by Crippen LogP contribution is -1.98. The first-order valence-corrected chi connectivity index (χ1v) is 5.77. The molecule has 0 bridgehead atoms. The van der Waals surface area contributed by atoms with Gasteiger partial charge in [-0.3, -0.25) is 0 Å². The Morgan fingerprint density at radius 3 is 2.16 bits per heavy atom. The molecular formula is C14H16N2O3. The molecular weight excluding hydrogens is 244 g/mol. The van der Waals surface area contributed by atoms with Gasteiger partial charge in [-0.1, -0.05) is 6.07 Å². The maximum atomic E-state index is 5.74. The molecule has 0 aliphatic carbocycles. The van der Waals surface area contributed by atoms with Crippen molar-refractivity contribution in [3.05, 3.63) is 36.0 Å². The second-order valence-electron chi connectivity index (χ2n) is 3.92. The zero-order chi connectivity index (χ0) is 13.8. The second kappa shape index (κ2) is 5.48. The van der Waals surface area contributed by atoms with Crippen LogP contribution in [0.2, 0.25) is 0 Å². The predicted molar refractivity (Wildman–Crippen MR) is 73.0 cm³/mol. The average Bonchev–Trinajstić information content (AvgIpc) is 2.43. The minimum Gasteiger partial charge on any atom is -0.493 e. The number of aromatic nitrogens is 1. The highest BCUT2D eigenvalue weighted by Crippen LogP contribution is 2.39. The monoisotopic (exact) mass is 260 g/mol. The third-order valence-electron chi connectivity index (χ3n) is 2.69. The van der Waals surface area contributed by atoms with Crippen LogP contribution < -0.4 is 19.9 Å². The number of pyridine rings is 1. The van der Waals surface area contributed by atoms with Crippen LogP contribution in [0.15, 0.2) is 30.3 Å². The Kier molecular flexibility index (Phi) is 3.75. The molecule has 0 amide bonds. The fourth-order valence-electron chi connectivity index (χ4n) is 1.63. The first-order valence-electron chi connectivity index (χ1n) is 5.77. The van der Waals surface area contributed by atoms with E-state index in [4.69, 9.17) is 19.9 Å². The Labute approximate surface area is 111 Å². The van der Waals surface area contributed by atoms with Crippen molar-refractivity contribution in [3.63, 3.8) is 0 Å². The van der Waals surface area contributed by atoms with Crippen LogP contribution in [0.5, 0.6) is 23.1 Å². The summed E-state index contributed by atoms with van der Waals surface area (Å²) in [6.07, 6.45) is 0. The molecule has 1 heterocycles. The Hall–Kier alpha value is -2.43.